The number of phenols is 1. The summed E-state index contributed by atoms with van der Waals surface area (Å²) >= 11 is 1.33. The molecular weight excluding hydrogens is 238 g/mol. The number of phenolic OH excluding ortho intramolecular Hbond substituents is 1. The van der Waals surface area contributed by atoms with Crippen molar-refractivity contribution in [1.82, 2.24) is 5.32 Å². The van der Waals surface area contributed by atoms with E-state index in [1.807, 2.05) is 6.07 Å². The van der Waals surface area contributed by atoms with Crippen molar-refractivity contribution in [2.45, 2.75) is 11.3 Å². The summed E-state index contributed by atoms with van der Waals surface area (Å²) in [6.07, 6.45) is 0.809. The van der Waals surface area contributed by atoms with Crippen LogP contribution >= 0.6 is 11.8 Å². The van der Waals surface area contributed by atoms with Crippen LogP contribution in [0.25, 0.3) is 0 Å². The van der Waals surface area contributed by atoms with E-state index in [1.165, 1.54) is 11.8 Å². The van der Waals surface area contributed by atoms with Crippen LogP contribution in [0.15, 0.2) is 29.2 Å². The molecule has 1 rings (SSSR count). The summed E-state index contributed by atoms with van der Waals surface area (Å²) in [4.78, 5) is 12.2. The van der Waals surface area contributed by atoms with Crippen LogP contribution in [-0.4, -0.2) is 37.0 Å². The van der Waals surface area contributed by atoms with Crippen LogP contribution in [0.5, 0.6) is 5.75 Å². The van der Waals surface area contributed by atoms with Crippen LogP contribution in [-0.2, 0) is 9.53 Å². The van der Waals surface area contributed by atoms with Crippen molar-refractivity contribution in [2.75, 3.05) is 26.0 Å². The minimum Gasteiger partial charge on any atom is -0.507 e. The lowest BCUT2D eigenvalue weighted by atomic mass is 10.3. The third kappa shape index (κ3) is 5.60. The lowest BCUT2D eigenvalue weighted by Gasteiger charge is -2.05. The third-order valence-corrected chi connectivity index (χ3v) is 3.13. The molecule has 0 radical (unpaired) electrons. The molecule has 1 aromatic carbocycles. The Kier molecular flexibility index (Phi) is 6.50. The quantitative estimate of drug-likeness (QED) is 0.574. The predicted molar refractivity (Wildman–Crippen MR) is 68.3 cm³/mol. The molecule has 4 nitrogen and oxygen atoms in total. The normalized spacial score (nSPS) is 10.2. The molecule has 0 atom stereocenters. The van der Waals surface area contributed by atoms with Crippen LogP contribution in [0.2, 0.25) is 0 Å². The monoisotopic (exact) mass is 255 g/mol. The molecule has 1 amide bonds. The number of aromatic hydroxyl groups is 1. The average Bonchev–Trinajstić information content (AvgIpc) is 2.34. The highest BCUT2D eigenvalue weighted by molar-refractivity contribution is 8.00. The lowest BCUT2D eigenvalue weighted by Crippen LogP contribution is -2.26. The first-order valence-electron chi connectivity index (χ1n) is 5.40. The zero-order valence-corrected chi connectivity index (χ0v) is 10.6. The number of nitrogens with one attached hydrogen (secondary N) is 1. The van der Waals surface area contributed by atoms with E-state index in [9.17, 15) is 9.90 Å². The van der Waals surface area contributed by atoms with Crippen LogP contribution in [0.4, 0.5) is 0 Å². The fraction of sp³-hybridized carbons (Fsp3) is 0.417. The molecule has 0 aliphatic heterocycles. The number of carbonyl (C=O) groups excluding carboxylic acids is 1. The molecule has 0 spiro atoms. The van der Waals surface area contributed by atoms with Crippen molar-refractivity contribution in [2.24, 2.45) is 0 Å². The van der Waals surface area contributed by atoms with Crippen molar-refractivity contribution in [3.05, 3.63) is 24.3 Å². The molecule has 0 fully saturated rings. The Hall–Kier alpha value is -1.20. The number of hydrogen-bond donors (Lipinski definition) is 2. The van der Waals surface area contributed by atoms with Gasteiger partial charge in [0.1, 0.15) is 5.75 Å². The Balaban J connectivity index is 2.22. The number of methoxy groups -OCH3 is 1. The molecule has 5 heteroatoms. The molecule has 0 heterocycles. The molecule has 0 aliphatic carbocycles. The standard InChI is InChI=1S/C12H17NO3S/c1-16-8-4-7-13-12(15)9-17-11-6-3-2-5-10(11)14/h2-3,5-6,14H,4,7-9H2,1H3,(H,13,15). The predicted octanol–water partition coefficient (Wildman–Crippen LogP) is 1.64. The lowest BCUT2D eigenvalue weighted by molar-refractivity contribution is -0.118. The SMILES string of the molecule is COCCCNC(=O)CSc1ccccc1O. The number of carbonyl (C=O) groups is 1. The summed E-state index contributed by atoms with van der Waals surface area (Å²) in [6.45, 7) is 1.26. The summed E-state index contributed by atoms with van der Waals surface area (Å²) < 4.78 is 4.88. The van der Waals surface area contributed by atoms with Crippen molar-refractivity contribution >= 4 is 17.7 Å². The number of ether oxygens (including phenoxy) is 1. The van der Waals surface area contributed by atoms with Gasteiger partial charge in [-0.15, -0.1) is 11.8 Å². The maximum Gasteiger partial charge on any atom is 0.230 e. The second-order valence-electron chi connectivity index (χ2n) is 3.45. The van der Waals surface area contributed by atoms with Gasteiger partial charge >= 0.3 is 0 Å². The van der Waals surface area contributed by atoms with Gasteiger partial charge in [-0.25, -0.2) is 0 Å². The molecule has 1 aromatic rings. The van der Waals surface area contributed by atoms with Gasteiger partial charge in [-0.2, -0.15) is 0 Å². The van der Waals surface area contributed by atoms with Gasteiger partial charge in [-0.3, -0.25) is 4.79 Å². The van der Waals surface area contributed by atoms with Crippen molar-refractivity contribution in [3.63, 3.8) is 0 Å². The highest BCUT2D eigenvalue weighted by Gasteiger charge is 2.04. The molecule has 0 bridgehead atoms. The Morgan fingerprint density at radius 3 is 2.94 bits per heavy atom. The van der Waals surface area contributed by atoms with Crippen molar-refractivity contribution < 1.29 is 14.6 Å². The topological polar surface area (TPSA) is 58.6 Å². The first-order chi connectivity index (χ1) is 8.24. The highest BCUT2D eigenvalue weighted by Crippen LogP contribution is 2.27. The fourth-order valence-corrected chi connectivity index (χ4v) is 2.00. The molecular formula is C12H17NO3S. The Morgan fingerprint density at radius 2 is 2.24 bits per heavy atom. The summed E-state index contributed by atoms with van der Waals surface area (Å²) in [5, 5.41) is 12.3. The van der Waals surface area contributed by atoms with Gasteiger partial charge in [0.25, 0.3) is 0 Å². The van der Waals surface area contributed by atoms with Gasteiger partial charge in [0.15, 0.2) is 0 Å². The molecule has 17 heavy (non-hydrogen) atoms. The Bertz CT molecular complexity index is 357. The number of benzene rings is 1. The Morgan fingerprint density at radius 1 is 1.47 bits per heavy atom. The highest BCUT2D eigenvalue weighted by atomic mass is 32.2. The van der Waals surface area contributed by atoms with Crippen LogP contribution in [0.3, 0.4) is 0 Å². The van der Waals surface area contributed by atoms with E-state index < -0.39 is 0 Å². The van der Waals surface area contributed by atoms with E-state index in [1.54, 1.807) is 25.3 Å². The number of hydrogen-bond acceptors (Lipinski definition) is 4. The summed E-state index contributed by atoms with van der Waals surface area (Å²) in [7, 11) is 1.63. The summed E-state index contributed by atoms with van der Waals surface area (Å²) in [5.41, 5.74) is 0. The zero-order valence-electron chi connectivity index (χ0n) is 9.81. The van der Waals surface area contributed by atoms with Gasteiger partial charge < -0.3 is 15.2 Å². The van der Waals surface area contributed by atoms with E-state index in [4.69, 9.17) is 4.74 Å². The molecule has 0 unspecified atom stereocenters. The second kappa shape index (κ2) is 7.97. The molecule has 0 saturated heterocycles. The molecule has 2 N–H and O–H groups in total. The van der Waals surface area contributed by atoms with Crippen LogP contribution in [0.1, 0.15) is 6.42 Å². The molecule has 0 aliphatic rings. The molecule has 94 valence electrons. The zero-order chi connectivity index (χ0) is 12.5. The maximum atomic E-state index is 11.4. The van der Waals surface area contributed by atoms with Crippen molar-refractivity contribution in [3.8, 4) is 5.75 Å². The van der Waals surface area contributed by atoms with Gasteiger partial charge in [-0.1, -0.05) is 12.1 Å². The smallest absolute Gasteiger partial charge is 0.230 e. The van der Waals surface area contributed by atoms with Crippen LogP contribution < -0.4 is 5.32 Å². The largest absolute Gasteiger partial charge is 0.507 e. The molecule has 0 saturated carbocycles. The van der Waals surface area contributed by atoms with Gasteiger partial charge in [0, 0.05) is 25.2 Å². The van der Waals surface area contributed by atoms with Gasteiger partial charge in [0.05, 0.1) is 5.75 Å². The first-order valence-corrected chi connectivity index (χ1v) is 6.39. The minimum atomic E-state index is -0.0330. The van der Waals surface area contributed by atoms with E-state index in [2.05, 4.69) is 5.32 Å². The summed E-state index contributed by atoms with van der Waals surface area (Å²) in [6, 6.07) is 6.99. The average molecular weight is 255 g/mol. The van der Waals surface area contributed by atoms with E-state index in [0.717, 1.165) is 11.3 Å². The second-order valence-corrected chi connectivity index (χ2v) is 4.47. The number of thioether (sulfide) groups is 1. The number of rotatable bonds is 7. The summed E-state index contributed by atoms with van der Waals surface area (Å²) in [5.74, 6) is 0.490. The maximum absolute atomic E-state index is 11.4. The van der Waals surface area contributed by atoms with Crippen molar-refractivity contribution in [1.29, 1.82) is 0 Å². The number of para-hydroxylation sites is 1. The number of amides is 1. The Labute approximate surface area is 105 Å². The first kappa shape index (κ1) is 13.9. The minimum absolute atomic E-state index is 0.0330. The van der Waals surface area contributed by atoms with Gasteiger partial charge in [-0.05, 0) is 18.6 Å². The third-order valence-electron chi connectivity index (χ3n) is 2.07. The van der Waals surface area contributed by atoms with E-state index in [-0.39, 0.29) is 11.7 Å². The van der Waals surface area contributed by atoms with Crippen LogP contribution in [0, 0.1) is 0 Å². The van der Waals surface area contributed by atoms with E-state index in [0.29, 0.717) is 18.9 Å². The fourth-order valence-electron chi connectivity index (χ4n) is 1.22. The van der Waals surface area contributed by atoms with Gasteiger partial charge in [0.2, 0.25) is 5.91 Å². The van der Waals surface area contributed by atoms with E-state index >= 15 is 0 Å². The molecule has 0 aromatic heterocycles.